The summed E-state index contributed by atoms with van der Waals surface area (Å²) in [5.74, 6) is -0.376. The Morgan fingerprint density at radius 1 is 1.21 bits per heavy atom. The topological polar surface area (TPSA) is 58.6 Å². The van der Waals surface area contributed by atoms with Crippen LogP contribution in [0.5, 0.6) is 0 Å². The van der Waals surface area contributed by atoms with E-state index in [9.17, 15) is 9.59 Å². The minimum Gasteiger partial charge on any atom is -0.465 e. The molecule has 1 saturated heterocycles. The molecule has 1 atom stereocenters. The van der Waals surface area contributed by atoms with Crippen molar-refractivity contribution in [3.05, 3.63) is 50.9 Å². The molecule has 0 spiro atoms. The van der Waals surface area contributed by atoms with Crippen LogP contribution in [0.2, 0.25) is 5.02 Å². The fourth-order valence-corrected chi connectivity index (χ4v) is 5.75. The zero-order valence-corrected chi connectivity index (χ0v) is 17.4. The number of carbonyl (C=O) groups excluding carboxylic acids is 2. The summed E-state index contributed by atoms with van der Waals surface area (Å²) >= 11 is 7.88. The van der Waals surface area contributed by atoms with E-state index < -0.39 is 0 Å². The van der Waals surface area contributed by atoms with Crippen molar-refractivity contribution in [3.8, 4) is 0 Å². The molecular formula is C21H23ClN2O3S. The van der Waals surface area contributed by atoms with Gasteiger partial charge in [0.25, 0.3) is 0 Å². The Labute approximate surface area is 173 Å². The standard InChI is InChI=1S/C21H23ClN2O3S/c1-27-20(25)18-14-8-3-5-11-17(14)28-19(18)23-21(26)24-12-6-10-16(24)13-7-2-4-9-15(13)22/h2,4,7,9,16H,3,5-6,8,10-12H2,1H3,(H,23,26). The fraction of sp³-hybridized carbons (Fsp3) is 0.429. The van der Waals surface area contributed by atoms with Crippen LogP contribution in [0.3, 0.4) is 0 Å². The van der Waals surface area contributed by atoms with Gasteiger partial charge in [-0.05, 0) is 55.7 Å². The number of methoxy groups -OCH3 is 1. The molecule has 1 aromatic heterocycles. The number of ether oxygens (including phenoxy) is 1. The average molecular weight is 419 g/mol. The molecule has 2 amide bonds. The summed E-state index contributed by atoms with van der Waals surface area (Å²) in [4.78, 5) is 28.5. The lowest BCUT2D eigenvalue weighted by Gasteiger charge is -2.26. The Morgan fingerprint density at radius 2 is 2.00 bits per heavy atom. The molecule has 2 aromatic rings. The van der Waals surface area contributed by atoms with Crippen molar-refractivity contribution in [2.24, 2.45) is 0 Å². The maximum Gasteiger partial charge on any atom is 0.341 e. The molecule has 2 aliphatic rings. The number of nitrogens with zero attached hydrogens (tertiary/aromatic N) is 1. The van der Waals surface area contributed by atoms with Gasteiger partial charge in [0.2, 0.25) is 0 Å². The molecule has 4 rings (SSSR count). The highest BCUT2D eigenvalue weighted by Gasteiger charge is 2.33. The highest BCUT2D eigenvalue weighted by Crippen LogP contribution is 2.40. The molecule has 2 heterocycles. The molecule has 5 nitrogen and oxygen atoms in total. The predicted molar refractivity (Wildman–Crippen MR) is 111 cm³/mol. The summed E-state index contributed by atoms with van der Waals surface area (Å²) in [7, 11) is 1.38. The molecule has 1 N–H and O–H groups in total. The highest BCUT2D eigenvalue weighted by molar-refractivity contribution is 7.17. The maximum absolute atomic E-state index is 13.1. The van der Waals surface area contributed by atoms with E-state index in [4.69, 9.17) is 16.3 Å². The van der Waals surface area contributed by atoms with Crippen molar-refractivity contribution in [2.75, 3.05) is 19.0 Å². The van der Waals surface area contributed by atoms with Gasteiger partial charge in [0.05, 0.1) is 18.7 Å². The Kier molecular flexibility index (Phi) is 5.60. The molecule has 0 radical (unpaired) electrons. The molecule has 7 heteroatoms. The summed E-state index contributed by atoms with van der Waals surface area (Å²) < 4.78 is 5.00. The van der Waals surface area contributed by atoms with E-state index in [0.717, 1.165) is 49.7 Å². The largest absolute Gasteiger partial charge is 0.465 e. The summed E-state index contributed by atoms with van der Waals surface area (Å²) in [6.07, 6.45) is 5.78. The van der Waals surface area contributed by atoms with Crippen LogP contribution in [0.15, 0.2) is 24.3 Å². The second-order valence-electron chi connectivity index (χ2n) is 7.21. The number of hydrogen-bond donors (Lipinski definition) is 1. The van der Waals surface area contributed by atoms with Gasteiger partial charge in [0, 0.05) is 16.4 Å². The minimum absolute atomic E-state index is 0.0511. The zero-order valence-electron chi connectivity index (χ0n) is 15.8. The Hall–Kier alpha value is -2.05. The molecule has 1 aliphatic carbocycles. The SMILES string of the molecule is COC(=O)c1c(NC(=O)N2CCCC2c2ccccc2Cl)sc2c1CCCC2. The van der Waals surface area contributed by atoms with Crippen LogP contribution in [-0.2, 0) is 17.6 Å². The first-order valence-electron chi connectivity index (χ1n) is 9.65. The fourth-order valence-electron chi connectivity index (χ4n) is 4.22. The second-order valence-corrected chi connectivity index (χ2v) is 8.72. The van der Waals surface area contributed by atoms with Gasteiger partial charge in [0.1, 0.15) is 5.00 Å². The van der Waals surface area contributed by atoms with E-state index in [1.807, 2.05) is 29.2 Å². The lowest BCUT2D eigenvalue weighted by molar-refractivity contribution is 0.0601. The number of nitrogens with one attached hydrogen (secondary N) is 1. The highest BCUT2D eigenvalue weighted by atomic mass is 35.5. The smallest absolute Gasteiger partial charge is 0.341 e. The van der Waals surface area contributed by atoms with E-state index in [1.165, 1.54) is 23.3 Å². The Morgan fingerprint density at radius 3 is 2.79 bits per heavy atom. The van der Waals surface area contributed by atoms with Crippen LogP contribution < -0.4 is 5.32 Å². The van der Waals surface area contributed by atoms with Crippen LogP contribution in [0.4, 0.5) is 9.80 Å². The number of urea groups is 1. The normalized spacial score (nSPS) is 18.6. The van der Waals surface area contributed by atoms with Gasteiger partial charge in [-0.25, -0.2) is 9.59 Å². The minimum atomic E-state index is -0.376. The number of amides is 2. The van der Waals surface area contributed by atoms with Crippen molar-refractivity contribution >= 4 is 39.9 Å². The van der Waals surface area contributed by atoms with E-state index in [-0.39, 0.29) is 18.0 Å². The lowest BCUT2D eigenvalue weighted by Crippen LogP contribution is -2.34. The van der Waals surface area contributed by atoms with Crippen molar-refractivity contribution in [2.45, 2.75) is 44.6 Å². The number of esters is 1. The number of thiophene rings is 1. The van der Waals surface area contributed by atoms with Gasteiger partial charge in [-0.1, -0.05) is 29.8 Å². The molecule has 1 unspecified atom stereocenters. The number of benzene rings is 1. The van der Waals surface area contributed by atoms with Gasteiger partial charge < -0.3 is 9.64 Å². The molecular weight excluding hydrogens is 396 g/mol. The molecule has 28 heavy (non-hydrogen) atoms. The van der Waals surface area contributed by atoms with Crippen LogP contribution in [0.25, 0.3) is 0 Å². The summed E-state index contributed by atoms with van der Waals surface area (Å²) in [5.41, 5.74) is 2.54. The van der Waals surface area contributed by atoms with Crippen LogP contribution in [0, 0.1) is 0 Å². The number of carbonyl (C=O) groups is 2. The van der Waals surface area contributed by atoms with Gasteiger partial charge in [-0.2, -0.15) is 0 Å². The van der Waals surface area contributed by atoms with Crippen LogP contribution >= 0.6 is 22.9 Å². The van der Waals surface area contributed by atoms with Crippen LogP contribution in [-0.4, -0.2) is 30.6 Å². The third-order valence-corrected chi connectivity index (χ3v) is 7.11. The monoisotopic (exact) mass is 418 g/mol. The van der Waals surface area contributed by atoms with E-state index in [0.29, 0.717) is 22.1 Å². The van der Waals surface area contributed by atoms with Crippen molar-refractivity contribution in [1.29, 1.82) is 0 Å². The molecule has 1 aromatic carbocycles. The third kappa shape index (κ3) is 3.51. The van der Waals surface area contributed by atoms with Gasteiger partial charge in [-0.3, -0.25) is 5.32 Å². The third-order valence-electron chi connectivity index (χ3n) is 5.56. The zero-order chi connectivity index (χ0) is 19.7. The molecule has 1 aliphatic heterocycles. The Bertz CT molecular complexity index is 911. The maximum atomic E-state index is 13.1. The quantitative estimate of drug-likeness (QED) is 0.675. The van der Waals surface area contributed by atoms with Crippen molar-refractivity contribution in [1.82, 2.24) is 4.90 Å². The first kappa shape index (κ1) is 19.3. The van der Waals surface area contributed by atoms with Gasteiger partial charge in [-0.15, -0.1) is 11.3 Å². The molecule has 1 fully saturated rings. The van der Waals surface area contributed by atoms with E-state index >= 15 is 0 Å². The summed E-state index contributed by atoms with van der Waals surface area (Å²) in [5, 5.41) is 4.29. The van der Waals surface area contributed by atoms with Crippen molar-refractivity contribution < 1.29 is 14.3 Å². The molecule has 0 saturated carbocycles. The van der Waals surface area contributed by atoms with E-state index in [2.05, 4.69) is 5.32 Å². The number of halogens is 1. The average Bonchev–Trinajstić information content (AvgIpc) is 3.32. The number of anilines is 1. The number of rotatable bonds is 3. The predicted octanol–water partition coefficient (Wildman–Crippen LogP) is 5.44. The molecule has 148 valence electrons. The Balaban J connectivity index is 1.61. The first-order valence-corrected chi connectivity index (χ1v) is 10.8. The number of aryl methyl sites for hydroxylation is 1. The van der Waals surface area contributed by atoms with Crippen LogP contribution in [0.1, 0.15) is 58.1 Å². The first-order chi connectivity index (χ1) is 13.6. The second kappa shape index (κ2) is 8.13. The lowest BCUT2D eigenvalue weighted by atomic mass is 9.95. The number of likely N-dealkylation sites (tertiary alicyclic amines) is 1. The number of fused-ring (bicyclic) bond motifs is 1. The number of hydrogen-bond acceptors (Lipinski definition) is 4. The molecule has 0 bridgehead atoms. The summed E-state index contributed by atoms with van der Waals surface area (Å²) in [6.45, 7) is 0.667. The van der Waals surface area contributed by atoms with Crippen molar-refractivity contribution in [3.63, 3.8) is 0 Å². The van der Waals surface area contributed by atoms with Gasteiger partial charge >= 0.3 is 12.0 Å². The van der Waals surface area contributed by atoms with Gasteiger partial charge in [0.15, 0.2) is 0 Å². The summed E-state index contributed by atoms with van der Waals surface area (Å²) in [6, 6.07) is 7.43. The van der Waals surface area contributed by atoms with E-state index in [1.54, 1.807) is 0 Å².